The first-order valence-electron chi connectivity index (χ1n) is 19.9. The van der Waals surface area contributed by atoms with E-state index < -0.39 is 0 Å². The molecular weight excluding hydrogens is 693 g/mol. The lowest BCUT2D eigenvalue weighted by atomic mass is 9.80. The third kappa shape index (κ3) is 5.64. The molecule has 0 aliphatic rings. The standard InChI is InChI=1S/C55H38O2/c1-3-17-36(18-4-1)39-22-7-9-24-41(39)44(34-33-38-21-15-30-48-45-27-13-14-31-51(45)56-54(38)48)46-29-16-32-52-53(46)50-35-49(43-26-11-12-28-47(43)55(50)57-52)42-25-10-8-23-40(42)37-19-5-2-6-20-37/h1-32,35,44H,33-34H2. The van der Waals surface area contributed by atoms with Gasteiger partial charge in [0.2, 0.25) is 0 Å². The van der Waals surface area contributed by atoms with Gasteiger partial charge in [-0.05, 0) is 86.5 Å². The molecule has 9 aromatic carbocycles. The van der Waals surface area contributed by atoms with Gasteiger partial charge >= 0.3 is 0 Å². The number of benzene rings is 9. The fraction of sp³-hybridized carbons (Fsp3) is 0.0545. The van der Waals surface area contributed by atoms with Crippen molar-refractivity contribution in [3.8, 4) is 33.4 Å². The minimum Gasteiger partial charge on any atom is -0.456 e. The summed E-state index contributed by atoms with van der Waals surface area (Å²) in [5.41, 5.74) is 14.8. The molecule has 0 saturated carbocycles. The van der Waals surface area contributed by atoms with Gasteiger partial charge in [0.15, 0.2) is 0 Å². The minimum absolute atomic E-state index is 0.0528. The fourth-order valence-electron chi connectivity index (χ4n) is 9.24. The molecule has 0 aliphatic carbocycles. The molecule has 57 heavy (non-hydrogen) atoms. The van der Waals surface area contributed by atoms with Crippen LogP contribution in [0.3, 0.4) is 0 Å². The van der Waals surface area contributed by atoms with Crippen molar-refractivity contribution in [3.63, 3.8) is 0 Å². The van der Waals surface area contributed by atoms with Gasteiger partial charge in [-0.25, -0.2) is 0 Å². The van der Waals surface area contributed by atoms with Gasteiger partial charge in [0.25, 0.3) is 0 Å². The van der Waals surface area contributed by atoms with Crippen LogP contribution in [0.1, 0.15) is 29.0 Å². The topological polar surface area (TPSA) is 26.3 Å². The summed E-state index contributed by atoms with van der Waals surface area (Å²) in [5.74, 6) is 0.0528. The van der Waals surface area contributed by atoms with Gasteiger partial charge in [-0.1, -0.05) is 182 Å². The molecule has 0 aliphatic heterocycles. The van der Waals surface area contributed by atoms with Gasteiger partial charge in [-0.3, -0.25) is 0 Å². The predicted octanol–water partition coefficient (Wildman–Crippen LogP) is 15.4. The van der Waals surface area contributed by atoms with Crippen molar-refractivity contribution in [3.05, 3.63) is 217 Å². The van der Waals surface area contributed by atoms with Crippen LogP contribution < -0.4 is 0 Å². The lowest BCUT2D eigenvalue weighted by molar-refractivity contribution is 0.652. The van der Waals surface area contributed by atoms with Crippen molar-refractivity contribution in [2.75, 3.05) is 0 Å². The maximum atomic E-state index is 6.95. The molecule has 0 saturated heterocycles. The molecule has 1 atom stereocenters. The third-order valence-corrected chi connectivity index (χ3v) is 11.8. The SMILES string of the molecule is c1ccc(-c2ccccc2-c2cc3c(oc4cccc(C(CCc5cccc6c5oc5ccccc56)c5ccccc5-c5ccccc5)c43)c3ccccc23)cc1. The Bertz CT molecular complexity index is 3240. The van der Waals surface area contributed by atoms with Crippen LogP contribution in [0.5, 0.6) is 0 Å². The highest BCUT2D eigenvalue weighted by Crippen LogP contribution is 2.47. The summed E-state index contributed by atoms with van der Waals surface area (Å²) in [6.07, 6.45) is 1.72. The van der Waals surface area contributed by atoms with E-state index >= 15 is 0 Å². The smallest absolute Gasteiger partial charge is 0.143 e. The number of rotatable bonds is 8. The van der Waals surface area contributed by atoms with E-state index in [1.54, 1.807) is 0 Å². The zero-order chi connectivity index (χ0) is 37.7. The molecular formula is C55H38O2. The second-order valence-corrected chi connectivity index (χ2v) is 15.0. The number of hydrogen-bond donors (Lipinski definition) is 0. The molecule has 2 aromatic heterocycles. The van der Waals surface area contributed by atoms with E-state index in [1.165, 1.54) is 66.2 Å². The van der Waals surface area contributed by atoms with Crippen LogP contribution in [-0.2, 0) is 6.42 Å². The maximum Gasteiger partial charge on any atom is 0.143 e. The average Bonchev–Trinajstić information content (AvgIpc) is 3.87. The maximum absolute atomic E-state index is 6.95. The molecule has 11 rings (SSSR count). The van der Waals surface area contributed by atoms with Gasteiger partial charge in [0.05, 0.1) is 0 Å². The zero-order valence-corrected chi connectivity index (χ0v) is 31.4. The molecule has 0 amide bonds. The Balaban J connectivity index is 1.15. The van der Waals surface area contributed by atoms with Crippen LogP contribution in [0, 0.1) is 0 Å². The average molecular weight is 731 g/mol. The lowest BCUT2D eigenvalue weighted by Gasteiger charge is -2.23. The number of para-hydroxylation sites is 2. The molecule has 2 nitrogen and oxygen atoms in total. The number of hydrogen-bond acceptors (Lipinski definition) is 2. The van der Waals surface area contributed by atoms with Crippen molar-refractivity contribution >= 4 is 54.6 Å². The van der Waals surface area contributed by atoms with Crippen LogP contribution >= 0.6 is 0 Å². The van der Waals surface area contributed by atoms with Crippen LogP contribution in [0.15, 0.2) is 209 Å². The van der Waals surface area contributed by atoms with Crippen molar-refractivity contribution in [1.82, 2.24) is 0 Å². The summed E-state index contributed by atoms with van der Waals surface area (Å²) in [6, 6.07) is 72.0. The van der Waals surface area contributed by atoms with E-state index in [1.807, 2.05) is 6.07 Å². The molecule has 0 N–H and O–H groups in total. The number of fused-ring (bicyclic) bond motifs is 8. The molecule has 11 aromatic rings. The summed E-state index contributed by atoms with van der Waals surface area (Å²) in [4.78, 5) is 0. The summed E-state index contributed by atoms with van der Waals surface area (Å²) >= 11 is 0. The second-order valence-electron chi connectivity index (χ2n) is 15.0. The normalized spacial score (nSPS) is 12.3. The highest BCUT2D eigenvalue weighted by molar-refractivity contribution is 6.20. The largest absolute Gasteiger partial charge is 0.456 e. The van der Waals surface area contributed by atoms with Gasteiger partial charge in [0.1, 0.15) is 22.3 Å². The molecule has 2 heterocycles. The van der Waals surface area contributed by atoms with E-state index in [2.05, 4.69) is 194 Å². The Morgan fingerprint density at radius 3 is 1.70 bits per heavy atom. The monoisotopic (exact) mass is 730 g/mol. The Morgan fingerprint density at radius 2 is 0.895 bits per heavy atom. The molecule has 270 valence electrons. The molecule has 2 heteroatoms. The van der Waals surface area contributed by atoms with Crippen molar-refractivity contribution in [1.29, 1.82) is 0 Å². The quantitative estimate of drug-likeness (QED) is 0.156. The first-order chi connectivity index (χ1) is 28.3. The zero-order valence-electron chi connectivity index (χ0n) is 31.4. The molecule has 0 bridgehead atoms. The van der Waals surface area contributed by atoms with Gasteiger partial charge < -0.3 is 8.83 Å². The van der Waals surface area contributed by atoms with Gasteiger partial charge in [-0.15, -0.1) is 0 Å². The first kappa shape index (κ1) is 33.2. The number of aryl methyl sites for hydroxylation is 1. The van der Waals surface area contributed by atoms with Crippen LogP contribution in [0.2, 0.25) is 0 Å². The van der Waals surface area contributed by atoms with Crippen LogP contribution in [0.4, 0.5) is 0 Å². The molecule has 0 radical (unpaired) electrons. The van der Waals surface area contributed by atoms with Crippen LogP contribution in [-0.4, -0.2) is 0 Å². The third-order valence-electron chi connectivity index (χ3n) is 11.8. The summed E-state index contributed by atoms with van der Waals surface area (Å²) in [7, 11) is 0. The van der Waals surface area contributed by atoms with E-state index in [9.17, 15) is 0 Å². The van der Waals surface area contributed by atoms with Crippen LogP contribution in [0.25, 0.3) is 88.0 Å². The fourth-order valence-corrected chi connectivity index (χ4v) is 9.24. The van der Waals surface area contributed by atoms with E-state index in [0.29, 0.717) is 0 Å². The minimum atomic E-state index is 0.0528. The predicted molar refractivity (Wildman–Crippen MR) is 238 cm³/mol. The van der Waals surface area contributed by atoms with E-state index in [-0.39, 0.29) is 5.92 Å². The van der Waals surface area contributed by atoms with E-state index in [4.69, 9.17) is 8.83 Å². The second kappa shape index (κ2) is 13.8. The number of furan rings is 2. The first-order valence-corrected chi connectivity index (χ1v) is 19.9. The Labute approximate surface area is 331 Å². The Hall–Kier alpha value is -7.16. The van der Waals surface area contributed by atoms with Gasteiger partial charge in [0, 0.05) is 32.8 Å². The summed E-state index contributed by atoms with van der Waals surface area (Å²) < 4.78 is 13.5. The molecule has 0 fully saturated rings. The van der Waals surface area contributed by atoms with Crippen molar-refractivity contribution in [2.24, 2.45) is 0 Å². The Kier molecular flexibility index (Phi) is 8.07. The van der Waals surface area contributed by atoms with Gasteiger partial charge in [-0.2, -0.15) is 0 Å². The summed E-state index contributed by atoms with van der Waals surface area (Å²) in [6.45, 7) is 0. The lowest BCUT2D eigenvalue weighted by Crippen LogP contribution is -2.06. The Morgan fingerprint density at radius 1 is 0.351 bits per heavy atom. The highest BCUT2D eigenvalue weighted by Gasteiger charge is 2.25. The van der Waals surface area contributed by atoms with E-state index in [0.717, 1.165) is 51.3 Å². The van der Waals surface area contributed by atoms with Crippen molar-refractivity contribution in [2.45, 2.75) is 18.8 Å². The van der Waals surface area contributed by atoms with Crippen molar-refractivity contribution < 1.29 is 8.83 Å². The summed E-state index contributed by atoms with van der Waals surface area (Å²) in [5, 5.41) is 6.94. The molecule has 0 spiro atoms. The molecule has 1 unspecified atom stereocenters. The highest BCUT2D eigenvalue weighted by atomic mass is 16.3.